The average Bonchev–Trinajstić information content (AvgIpc) is 3.19. The van der Waals surface area contributed by atoms with Crippen LogP contribution in [0.3, 0.4) is 0 Å². The van der Waals surface area contributed by atoms with E-state index in [2.05, 4.69) is 42.3 Å². The Labute approximate surface area is 110 Å². The molecule has 1 saturated heterocycles. The summed E-state index contributed by atoms with van der Waals surface area (Å²) in [5, 5.41) is 3.47. The predicted molar refractivity (Wildman–Crippen MR) is 75.8 cm³/mol. The Morgan fingerprint density at radius 2 is 1.72 bits per heavy atom. The molecule has 1 saturated carbocycles. The topological polar surface area (TPSA) is 15.3 Å². The first-order valence-electron chi connectivity index (χ1n) is 7.28. The van der Waals surface area contributed by atoms with Crippen LogP contribution in [-0.2, 0) is 0 Å². The van der Waals surface area contributed by atoms with E-state index in [1.165, 1.54) is 37.1 Å². The van der Waals surface area contributed by atoms with Crippen LogP contribution < -0.4 is 5.32 Å². The minimum atomic E-state index is 0.674. The van der Waals surface area contributed by atoms with Crippen LogP contribution in [0.4, 0.5) is 0 Å². The first kappa shape index (κ1) is 12.2. The van der Waals surface area contributed by atoms with E-state index in [1.807, 2.05) is 0 Å². The molecule has 0 aromatic heterocycles. The van der Waals surface area contributed by atoms with Crippen LogP contribution in [0.5, 0.6) is 0 Å². The lowest BCUT2D eigenvalue weighted by atomic mass is 9.91. The smallest absolute Gasteiger partial charge is 0.0382 e. The third kappa shape index (κ3) is 2.32. The fraction of sp³-hybridized carbons (Fsp3) is 0.625. The summed E-state index contributed by atoms with van der Waals surface area (Å²) in [5.41, 5.74) is 4.57. The van der Waals surface area contributed by atoms with Gasteiger partial charge in [-0.3, -0.25) is 4.90 Å². The summed E-state index contributed by atoms with van der Waals surface area (Å²) >= 11 is 0. The number of aryl methyl sites for hydroxylation is 2. The highest BCUT2D eigenvalue weighted by molar-refractivity contribution is 5.37. The number of hydrogen-bond acceptors (Lipinski definition) is 2. The lowest BCUT2D eigenvalue weighted by Crippen LogP contribution is -2.46. The largest absolute Gasteiger partial charge is 0.314 e. The molecule has 2 fully saturated rings. The second kappa shape index (κ2) is 5.02. The fourth-order valence-electron chi connectivity index (χ4n) is 3.38. The van der Waals surface area contributed by atoms with Crippen LogP contribution in [0.2, 0.25) is 0 Å². The lowest BCUT2D eigenvalue weighted by molar-refractivity contribution is 0.155. The van der Waals surface area contributed by atoms with E-state index in [1.54, 1.807) is 5.56 Å². The van der Waals surface area contributed by atoms with Gasteiger partial charge in [-0.2, -0.15) is 0 Å². The quantitative estimate of drug-likeness (QED) is 0.879. The molecule has 0 bridgehead atoms. The molecule has 18 heavy (non-hydrogen) atoms. The summed E-state index contributed by atoms with van der Waals surface area (Å²) < 4.78 is 0. The Hall–Kier alpha value is -0.860. The Bertz CT molecular complexity index is 397. The number of hydrogen-bond donors (Lipinski definition) is 1. The van der Waals surface area contributed by atoms with Gasteiger partial charge in [-0.1, -0.05) is 18.2 Å². The Morgan fingerprint density at radius 3 is 2.28 bits per heavy atom. The summed E-state index contributed by atoms with van der Waals surface area (Å²) in [6, 6.07) is 7.42. The zero-order valence-electron chi connectivity index (χ0n) is 11.6. The lowest BCUT2D eigenvalue weighted by Gasteiger charge is -2.37. The van der Waals surface area contributed by atoms with Crippen LogP contribution >= 0.6 is 0 Å². The summed E-state index contributed by atoms with van der Waals surface area (Å²) in [7, 11) is 0. The van der Waals surface area contributed by atoms with E-state index in [9.17, 15) is 0 Å². The number of benzene rings is 1. The maximum absolute atomic E-state index is 3.47. The van der Waals surface area contributed by atoms with Crippen molar-refractivity contribution in [2.45, 2.75) is 32.7 Å². The van der Waals surface area contributed by atoms with Crippen LogP contribution in [0.15, 0.2) is 18.2 Å². The first-order valence-corrected chi connectivity index (χ1v) is 7.28. The van der Waals surface area contributed by atoms with Gasteiger partial charge in [0.2, 0.25) is 0 Å². The molecule has 0 amide bonds. The summed E-state index contributed by atoms with van der Waals surface area (Å²) in [6.45, 7) is 9.26. The zero-order valence-corrected chi connectivity index (χ0v) is 11.6. The average molecular weight is 244 g/mol. The second-order valence-electron chi connectivity index (χ2n) is 5.87. The van der Waals surface area contributed by atoms with E-state index in [0.717, 1.165) is 19.0 Å². The maximum atomic E-state index is 3.47. The van der Waals surface area contributed by atoms with Crippen molar-refractivity contribution in [3.05, 3.63) is 34.9 Å². The van der Waals surface area contributed by atoms with Crippen LogP contribution in [0.25, 0.3) is 0 Å². The highest BCUT2D eigenvalue weighted by Gasteiger charge is 2.37. The van der Waals surface area contributed by atoms with Crippen molar-refractivity contribution in [1.82, 2.24) is 10.2 Å². The van der Waals surface area contributed by atoms with Crippen molar-refractivity contribution in [2.24, 2.45) is 5.92 Å². The molecule has 0 unspecified atom stereocenters. The van der Waals surface area contributed by atoms with E-state index in [-0.39, 0.29) is 0 Å². The maximum Gasteiger partial charge on any atom is 0.0382 e. The molecule has 98 valence electrons. The normalized spacial score (nSPS) is 23.0. The minimum Gasteiger partial charge on any atom is -0.314 e. The van der Waals surface area contributed by atoms with E-state index >= 15 is 0 Å². The molecular formula is C16H24N2. The summed E-state index contributed by atoms with van der Waals surface area (Å²) in [4.78, 5) is 2.71. The van der Waals surface area contributed by atoms with E-state index < -0.39 is 0 Å². The molecule has 1 aliphatic heterocycles. The van der Waals surface area contributed by atoms with Crippen molar-refractivity contribution in [1.29, 1.82) is 0 Å². The van der Waals surface area contributed by atoms with E-state index in [4.69, 9.17) is 0 Å². The summed E-state index contributed by atoms with van der Waals surface area (Å²) in [6.07, 6.45) is 2.84. The van der Waals surface area contributed by atoms with Gasteiger partial charge in [0.1, 0.15) is 0 Å². The Balaban J connectivity index is 1.93. The second-order valence-corrected chi connectivity index (χ2v) is 5.87. The third-order valence-corrected chi connectivity index (χ3v) is 4.45. The standard InChI is InChI=1S/C16H24N2/c1-12-4-3-5-13(2)15(12)16(14-6-7-14)18-10-8-17-9-11-18/h3-5,14,16-17H,6-11H2,1-2H3/t16-/m1/s1. The molecule has 1 aromatic rings. The van der Waals surface area contributed by atoms with Crippen molar-refractivity contribution in [2.75, 3.05) is 26.2 Å². The molecule has 0 spiro atoms. The molecule has 2 aliphatic rings. The number of nitrogens with one attached hydrogen (secondary N) is 1. The van der Waals surface area contributed by atoms with Gasteiger partial charge < -0.3 is 5.32 Å². The van der Waals surface area contributed by atoms with Crippen molar-refractivity contribution >= 4 is 0 Å². The molecular weight excluding hydrogens is 220 g/mol. The van der Waals surface area contributed by atoms with Gasteiger partial charge in [-0.25, -0.2) is 0 Å². The monoisotopic (exact) mass is 244 g/mol. The molecule has 3 rings (SSSR count). The van der Waals surface area contributed by atoms with E-state index in [0.29, 0.717) is 6.04 Å². The van der Waals surface area contributed by atoms with Gasteiger partial charge in [0.15, 0.2) is 0 Å². The molecule has 1 heterocycles. The number of nitrogens with zero attached hydrogens (tertiary/aromatic N) is 1. The van der Waals surface area contributed by atoms with Gasteiger partial charge in [0.25, 0.3) is 0 Å². The van der Waals surface area contributed by atoms with Gasteiger partial charge >= 0.3 is 0 Å². The molecule has 2 heteroatoms. The fourth-order valence-corrected chi connectivity index (χ4v) is 3.38. The molecule has 1 N–H and O–H groups in total. The molecule has 1 aliphatic carbocycles. The molecule has 1 aromatic carbocycles. The Morgan fingerprint density at radius 1 is 1.11 bits per heavy atom. The van der Waals surface area contributed by atoms with Gasteiger partial charge in [0.05, 0.1) is 0 Å². The van der Waals surface area contributed by atoms with Gasteiger partial charge in [-0.05, 0) is 49.3 Å². The van der Waals surface area contributed by atoms with Crippen LogP contribution in [-0.4, -0.2) is 31.1 Å². The highest BCUT2D eigenvalue weighted by atomic mass is 15.2. The molecule has 2 nitrogen and oxygen atoms in total. The van der Waals surface area contributed by atoms with Gasteiger partial charge in [0, 0.05) is 32.2 Å². The van der Waals surface area contributed by atoms with Crippen LogP contribution in [0, 0.1) is 19.8 Å². The van der Waals surface area contributed by atoms with Gasteiger partial charge in [-0.15, -0.1) is 0 Å². The number of rotatable bonds is 3. The van der Waals surface area contributed by atoms with Crippen molar-refractivity contribution in [3.8, 4) is 0 Å². The third-order valence-electron chi connectivity index (χ3n) is 4.45. The number of piperazine rings is 1. The highest BCUT2D eigenvalue weighted by Crippen LogP contribution is 2.46. The molecule has 0 radical (unpaired) electrons. The van der Waals surface area contributed by atoms with Crippen molar-refractivity contribution < 1.29 is 0 Å². The molecule has 1 atom stereocenters. The minimum absolute atomic E-state index is 0.674. The first-order chi connectivity index (χ1) is 8.77. The Kier molecular flexibility index (Phi) is 3.40. The summed E-state index contributed by atoms with van der Waals surface area (Å²) in [5.74, 6) is 0.905. The van der Waals surface area contributed by atoms with Crippen molar-refractivity contribution in [3.63, 3.8) is 0 Å². The zero-order chi connectivity index (χ0) is 12.5. The van der Waals surface area contributed by atoms with Crippen LogP contribution in [0.1, 0.15) is 35.6 Å². The SMILES string of the molecule is Cc1cccc(C)c1[C@@H](C1CC1)N1CCNCC1. The predicted octanol–water partition coefficient (Wildman–Crippen LogP) is 2.66.